The number of rotatable bonds is 6. The molecule has 0 saturated heterocycles. The highest BCUT2D eigenvalue weighted by Crippen LogP contribution is 2.20. The third-order valence-electron chi connectivity index (χ3n) is 2.90. The molecule has 0 aliphatic carbocycles. The van der Waals surface area contributed by atoms with Gasteiger partial charge in [0.2, 0.25) is 11.1 Å². The summed E-state index contributed by atoms with van der Waals surface area (Å²) >= 11 is 1.31. The third kappa shape index (κ3) is 4.56. The summed E-state index contributed by atoms with van der Waals surface area (Å²) in [6, 6.07) is 5.63. The molecule has 112 valence electrons. The fraction of sp³-hybridized carbons (Fsp3) is 0.429. The molecule has 2 rings (SSSR count). The Hall–Kier alpha value is -1.89. The van der Waals surface area contributed by atoms with Crippen LogP contribution in [0.1, 0.15) is 31.4 Å². The van der Waals surface area contributed by atoms with Crippen LogP contribution in [0.25, 0.3) is 0 Å². The number of aromatic amines is 1. The van der Waals surface area contributed by atoms with Crippen LogP contribution in [0.3, 0.4) is 0 Å². The number of amides is 1. The van der Waals surface area contributed by atoms with Crippen molar-refractivity contribution in [3.05, 3.63) is 35.9 Å². The number of nitrogens with zero attached hydrogens (tertiary/aromatic N) is 3. The molecular weight excluding hydrogens is 286 g/mol. The number of aromatic nitrogens is 4. The van der Waals surface area contributed by atoms with Crippen LogP contribution in [0.5, 0.6) is 0 Å². The fourth-order valence-corrected chi connectivity index (χ4v) is 2.53. The zero-order chi connectivity index (χ0) is 15.2. The van der Waals surface area contributed by atoms with Crippen molar-refractivity contribution in [3.8, 4) is 0 Å². The van der Waals surface area contributed by atoms with Crippen molar-refractivity contribution in [2.24, 2.45) is 5.92 Å². The van der Waals surface area contributed by atoms with Gasteiger partial charge in [0.25, 0.3) is 0 Å². The lowest BCUT2D eigenvalue weighted by Gasteiger charge is -2.21. The van der Waals surface area contributed by atoms with Gasteiger partial charge in [-0.2, -0.15) is 0 Å². The Morgan fingerprint density at radius 1 is 1.43 bits per heavy atom. The van der Waals surface area contributed by atoms with Crippen molar-refractivity contribution in [1.29, 1.82) is 0 Å². The average Bonchev–Trinajstić information content (AvgIpc) is 2.89. The van der Waals surface area contributed by atoms with Crippen LogP contribution in [0, 0.1) is 12.8 Å². The zero-order valence-electron chi connectivity index (χ0n) is 12.3. The molecular formula is C14H19N5OS. The first kappa shape index (κ1) is 15.5. The summed E-state index contributed by atoms with van der Waals surface area (Å²) < 4.78 is 0. The van der Waals surface area contributed by atoms with Gasteiger partial charge in [0.1, 0.15) is 5.82 Å². The highest BCUT2D eigenvalue weighted by atomic mass is 32.2. The molecule has 0 radical (unpaired) electrons. The van der Waals surface area contributed by atoms with Gasteiger partial charge in [-0.1, -0.05) is 31.7 Å². The van der Waals surface area contributed by atoms with Gasteiger partial charge in [-0.25, -0.2) is 4.98 Å². The number of carbonyl (C=O) groups excluding carboxylic acids is 1. The largest absolute Gasteiger partial charge is 0.347 e. The lowest BCUT2D eigenvalue weighted by Crippen LogP contribution is -2.33. The van der Waals surface area contributed by atoms with Crippen LogP contribution in [0.15, 0.2) is 29.6 Å². The maximum absolute atomic E-state index is 12.1. The van der Waals surface area contributed by atoms with Gasteiger partial charge in [0.15, 0.2) is 0 Å². The zero-order valence-corrected chi connectivity index (χ0v) is 13.1. The maximum atomic E-state index is 12.1. The number of hydrogen-bond donors (Lipinski definition) is 2. The molecule has 0 aliphatic heterocycles. The standard InChI is InChI=1S/C14H19N5OS/c1-9(2)13(11-6-4-5-7-15-11)17-12(20)8-21-14-16-10(3)18-19-14/h4-7,9,13H,8H2,1-3H3,(H,17,20)(H,16,18,19)/t13-/m1/s1. The number of hydrogen-bond acceptors (Lipinski definition) is 5. The van der Waals surface area contributed by atoms with Crippen LogP contribution < -0.4 is 5.32 Å². The molecule has 0 bridgehead atoms. The van der Waals surface area contributed by atoms with E-state index in [0.29, 0.717) is 5.16 Å². The molecule has 2 N–H and O–H groups in total. The molecule has 0 aliphatic rings. The van der Waals surface area contributed by atoms with Crippen LogP contribution >= 0.6 is 11.8 Å². The molecule has 0 aromatic carbocycles. The minimum atomic E-state index is -0.0896. The van der Waals surface area contributed by atoms with Gasteiger partial charge in [0, 0.05) is 6.20 Å². The molecule has 0 fully saturated rings. The second-order valence-corrected chi connectivity index (χ2v) is 5.98. The Bertz CT molecular complexity index is 584. The summed E-state index contributed by atoms with van der Waals surface area (Å²) in [6.07, 6.45) is 1.74. The number of H-pyrrole nitrogens is 1. The molecule has 2 aromatic heterocycles. The summed E-state index contributed by atoms with van der Waals surface area (Å²) in [4.78, 5) is 20.6. The monoisotopic (exact) mass is 305 g/mol. The normalized spacial score (nSPS) is 12.4. The third-order valence-corrected chi connectivity index (χ3v) is 3.75. The first-order chi connectivity index (χ1) is 10.1. The van der Waals surface area contributed by atoms with E-state index in [1.54, 1.807) is 6.20 Å². The van der Waals surface area contributed by atoms with Crippen LogP contribution in [0.2, 0.25) is 0 Å². The second kappa shape index (κ2) is 7.21. The van der Waals surface area contributed by atoms with Crippen LogP contribution in [0.4, 0.5) is 0 Å². The molecule has 0 spiro atoms. The van der Waals surface area contributed by atoms with Crippen molar-refractivity contribution in [3.63, 3.8) is 0 Å². The first-order valence-corrected chi connectivity index (χ1v) is 7.77. The Kier molecular flexibility index (Phi) is 5.32. The van der Waals surface area contributed by atoms with E-state index in [0.717, 1.165) is 11.5 Å². The van der Waals surface area contributed by atoms with E-state index in [4.69, 9.17) is 0 Å². The van der Waals surface area contributed by atoms with E-state index < -0.39 is 0 Å². The lowest BCUT2D eigenvalue weighted by atomic mass is 10.0. The minimum Gasteiger partial charge on any atom is -0.347 e. The molecule has 2 heterocycles. The maximum Gasteiger partial charge on any atom is 0.231 e. The number of pyridine rings is 1. The number of nitrogens with one attached hydrogen (secondary N) is 2. The van der Waals surface area contributed by atoms with Gasteiger partial charge >= 0.3 is 0 Å². The highest BCUT2D eigenvalue weighted by molar-refractivity contribution is 7.99. The van der Waals surface area contributed by atoms with E-state index in [-0.39, 0.29) is 23.6 Å². The number of carbonyl (C=O) groups is 1. The average molecular weight is 305 g/mol. The van der Waals surface area contributed by atoms with E-state index in [1.807, 2.05) is 25.1 Å². The van der Waals surface area contributed by atoms with Crippen molar-refractivity contribution < 1.29 is 4.79 Å². The molecule has 1 amide bonds. The second-order valence-electron chi connectivity index (χ2n) is 5.04. The predicted molar refractivity (Wildman–Crippen MR) is 81.8 cm³/mol. The Morgan fingerprint density at radius 3 is 2.81 bits per heavy atom. The number of thioether (sulfide) groups is 1. The quantitative estimate of drug-likeness (QED) is 0.799. The van der Waals surface area contributed by atoms with E-state index in [1.165, 1.54) is 11.8 Å². The van der Waals surface area contributed by atoms with Crippen molar-refractivity contribution in [2.75, 3.05) is 5.75 Å². The lowest BCUT2D eigenvalue weighted by molar-refractivity contribution is -0.119. The molecule has 7 heteroatoms. The van der Waals surface area contributed by atoms with Gasteiger partial charge in [-0.05, 0) is 25.0 Å². The van der Waals surface area contributed by atoms with Crippen molar-refractivity contribution in [1.82, 2.24) is 25.5 Å². The van der Waals surface area contributed by atoms with Crippen molar-refractivity contribution in [2.45, 2.75) is 32.0 Å². The van der Waals surface area contributed by atoms with Gasteiger partial charge in [-0.15, -0.1) is 5.10 Å². The van der Waals surface area contributed by atoms with E-state index in [2.05, 4.69) is 39.3 Å². The summed E-state index contributed by atoms with van der Waals surface area (Å²) in [5.74, 6) is 1.24. The first-order valence-electron chi connectivity index (χ1n) is 6.78. The smallest absolute Gasteiger partial charge is 0.231 e. The SMILES string of the molecule is Cc1nc(SCC(=O)N[C@@H](c2ccccn2)C(C)C)n[nH]1. The Morgan fingerprint density at radius 2 is 2.24 bits per heavy atom. The Labute approximate surface area is 128 Å². The van der Waals surface area contributed by atoms with Gasteiger partial charge in [0.05, 0.1) is 17.5 Å². The summed E-state index contributed by atoms with van der Waals surface area (Å²) in [5.41, 5.74) is 0.875. The molecule has 0 saturated carbocycles. The molecule has 6 nitrogen and oxygen atoms in total. The van der Waals surface area contributed by atoms with Gasteiger partial charge in [-0.3, -0.25) is 14.9 Å². The van der Waals surface area contributed by atoms with Crippen molar-refractivity contribution >= 4 is 17.7 Å². The topological polar surface area (TPSA) is 83.6 Å². The molecule has 21 heavy (non-hydrogen) atoms. The molecule has 0 unspecified atom stereocenters. The summed E-state index contributed by atoms with van der Waals surface area (Å²) in [7, 11) is 0. The number of aryl methyl sites for hydroxylation is 1. The highest BCUT2D eigenvalue weighted by Gasteiger charge is 2.19. The minimum absolute atomic E-state index is 0.0493. The predicted octanol–water partition coefficient (Wildman–Crippen LogP) is 2.11. The summed E-state index contributed by atoms with van der Waals surface area (Å²) in [5, 5.41) is 10.4. The Balaban J connectivity index is 1.93. The molecule has 1 atom stereocenters. The fourth-order valence-electron chi connectivity index (χ4n) is 1.87. The van der Waals surface area contributed by atoms with E-state index in [9.17, 15) is 4.79 Å². The molecule has 2 aromatic rings. The summed E-state index contributed by atoms with van der Waals surface area (Å²) in [6.45, 7) is 5.95. The van der Waals surface area contributed by atoms with Crippen LogP contribution in [-0.2, 0) is 4.79 Å². The van der Waals surface area contributed by atoms with Crippen LogP contribution in [-0.4, -0.2) is 31.8 Å². The van der Waals surface area contributed by atoms with E-state index >= 15 is 0 Å². The van der Waals surface area contributed by atoms with Gasteiger partial charge < -0.3 is 5.32 Å².